The first-order valence-corrected chi connectivity index (χ1v) is 11.3. The fourth-order valence-electron chi connectivity index (χ4n) is 5.22. The smallest absolute Gasteiger partial charge is 0.365 e. The summed E-state index contributed by atoms with van der Waals surface area (Å²) in [7, 11) is -3.99. The van der Waals surface area contributed by atoms with Crippen molar-refractivity contribution < 1.29 is 21.6 Å². The monoisotopic (exact) mass is 429 g/mol. The summed E-state index contributed by atoms with van der Waals surface area (Å²) in [6.07, 6.45) is 3.75. The van der Waals surface area contributed by atoms with E-state index in [9.17, 15) is 21.6 Å². The molecule has 4 aliphatic rings. The third kappa shape index (κ3) is 2.92. The SMILES string of the molecule is C[C@@H]1C[C@H](NS(=O)(=O)CCC(F)(F)F)C[C@@H]1c1cnc2n1C13C=CNC1(C3)N=C2. The van der Waals surface area contributed by atoms with Crippen LogP contribution in [0.15, 0.2) is 23.5 Å². The molecule has 0 saturated heterocycles. The second-order valence-electron chi connectivity index (χ2n) is 8.63. The highest BCUT2D eigenvalue weighted by molar-refractivity contribution is 7.89. The molecule has 11 heteroatoms. The van der Waals surface area contributed by atoms with Gasteiger partial charge in [0.1, 0.15) is 5.54 Å². The van der Waals surface area contributed by atoms with E-state index < -0.39 is 28.4 Å². The lowest BCUT2D eigenvalue weighted by Crippen LogP contribution is -2.37. The van der Waals surface area contributed by atoms with Crippen LogP contribution in [0.1, 0.15) is 50.0 Å². The normalized spacial score (nSPS) is 37.2. The number of hydrogen-bond donors (Lipinski definition) is 2. The van der Waals surface area contributed by atoms with Gasteiger partial charge >= 0.3 is 6.18 Å². The Labute approximate surface area is 166 Å². The lowest BCUT2D eigenvalue weighted by atomic mass is 9.94. The number of nitrogens with one attached hydrogen (secondary N) is 2. The number of aliphatic imine (C=N–C) groups is 1. The summed E-state index contributed by atoms with van der Waals surface area (Å²) in [5, 5.41) is 3.31. The van der Waals surface area contributed by atoms with Gasteiger partial charge in [0.15, 0.2) is 11.5 Å². The van der Waals surface area contributed by atoms with Crippen molar-refractivity contribution in [3.05, 3.63) is 30.0 Å². The number of hydrogen-bond acceptors (Lipinski definition) is 5. The fraction of sp³-hybridized carbons (Fsp3) is 0.667. The molecule has 2 aliphatic heterocycles. The quantitative estimate of drug-likeness (QED) is 0.749. The molecule has 0 amide bonds. The molecule has 0 aromatic carbocycles. The summed E-state index contributed by atoms with van der Waals surface area (Å²) < 4.78 is 66.1. The molecular formula is C18H22F3N5O2S. The first kappa shape index (κ1) is 19.1. The van der Waals surface area contributed by atoms with Crippen molar-refractivity contribution >= 4 is 16.2 Å². The maximum Gasteiger partial charge on any atom is 0.390 e. The molecule has 1 aromatic heterocycles. The lowest BCUT2D eigenvalue weighted by molar-refractivity contribution is -0.130. The summed E-state index contributed by atoms with van der Waals surface area (Å²) in [4.78, 5) is 9.14. The van der Waals surface area contributed by atoms with E-state index >= 15 is 0 Å². The van der Waals surface area contributed by atoms with Crippen LogP contribution in [-0.4, -0.2) is 47.8 Å². The summed E-state index contributed by atoms with van der Waals surface area (Å²) in [5.74, 6) is 0.0858. The average Bonchev–Trinajstić information content (AvgIpc) is 2.96. The highest BCUT2D eigenvalue weighted by Gasteiger charge is 2.73. The maximum absolute atomic E-state index is 12.4. The van der Waals surface area contributed by atoms with Gasteiger partial charge in [0.2, 0.25) is 10.0 Å². The van der Waals surface area contributed by atoms with Gasteiger partial charge in [-0.2, -0.15) is 13.2 Å². The molecule has 158 valence electrons. The second-order valence-corrected chi connectivity index (χ2v) is 10.5. The van der Waals surface area contributed by atoms with Crippen molar-refractivity contribution in [3.63, 3.8) is 0 Å². The number of imidazole rings is 1. The Bertz CT molecular complexity index is 1020. The molecule has 29 heavy (non-hydrogen) atoms. The van der Waals surface area contributed by atoms with Crippen LogP contribution in [0.4, 0.5) is 13.2 Å². The van der Waals surface area contributed by atoms with Crippen molar-refractivity contribution in [2.45, 2.75) is 61.9 Å². The van der Waals surface area contributed by atoms with E-state index in [4.69, 9.17) is 0 Å². The number of halogens is 3. The molecule has 0 spiro atoms. The largest absolute Gasteiger partial charge is 0.390 e. The van der Waals surface area contributed by atoms with Crippen molar-refractivity contribution in [2.75, 3.05) is 5.75 Å². The van der Waals surface area contributed by atoms with Crippen LogP contribution in [0, 0.1) is 5.92 Å². The Morgan fingerprint density at radius 3 is 2.93 bits per heavy atom. The van der Waals surface area contributed by atoms with E-state index in [-0.39, 0.29) is 29.1 Å². The van der Waals surface area contributed by atoms with Crippen LogP contribution in [0.2, 0.25) is 0 Å². The van der Waals surface area contributed by atoms with E-state index in [1.807, 2.05) is 19.3 Å². The topological polar surface area (TPSA) is 88.4 Å². The summed E-state index contributed by atoms with van der Waals surface area (Å²) in [6, 6.07) is -0.379. The summed E-state index contributed by atoms with van der Waals surface area (Å²) in [5.41, 5.74) is 0.439. The third-order valence-electron chi connectivity index (χ3n) is 6.68. The predicted octanol–water partition coefficient (Wildman–Crippen LogP) is 1.98. The Balaban J connectivity index is 1.34. The minimum absolute atomic E-state index is 0.0692. The maximum atomic E-state index is 12.4. The molecule has 7 nitrogen and oxygen atoms in total. The Morgan fingerprint density at radius 1 is 1.38 bits per heavy atom. The molecule has 2 N–H and O–H groups in total. The number of alkyl halides is 3. The minimum Gasteiger partial charge on any atom is -0.365 e. The zero-order valence-corrected chi connectivity index (χ0v) is 16.6. The molecule has 2 aliphatic carbocycles. The van der Waals surface area contributed by atoms with E-state index in [0.29, 0.717) is 12.8 Å². The Hall–Kier alpha value is -1.88. The molecule has 2 fully saturated rings. The van der Waals surface area contributed by atoms with Crippen LogP contribution in [-0.2, 0) is 15.6 Å². The van der Waals surface area contributed by atoms with Gasteiger partial charge in [-0.25, -0.2) is 18.1 Å². The fourth-order valence-corrected chi connectivity index (χ4v) is 6.54. The molecule has 1 aromatic rings. The molecule has 2 saturated carbocycles. The van der Waals surface area contributed by atoms with Crippen LogP contribution < -0.4 is 10.0 Å². The second kappa shape index (κ2) is 5.84. The highest BCUT2D eigenvalue weighted by Crippen LogP contribution is 2.62. The van der Waals surface area contributed by atoms with E-state index in [2.05, 4.69) is 30.7 Å². The molecule has 5 atom stereocenters. The molecule has 5 rings (SSSR count). The molecule has 0 radical (unpaired) electrons. The van der Waals surface area contributed by atoms with Crippen molar-refractivity contribution in [2.24, 2.45) is 10.9 Å². The Morgan fingerprint density at radius 2 is 2.17 bits per heavy atom. The van der Waals surface area contributed by atoms with Gasteiger partial charge < -0.3 is 9.88 Å². The van der Waals surface area contributed by atoms with Crippen molar-refractivity contribution in [3.8, 4) is 0 Å². The third-order valence-corrected chi connectivity index (χ3v) is 8.11. The Kier molecular flexibility index (Phi) is 3.85. The van der Waals surface area contributed by atoms with Crippen molar-refractivity contribution in [1.29, 1.82) is 0 Å². The van der Waals surface area contributed by atoms with E-state index in [1.165, 1.54) is 0 Å². The molecule has 2 unspecified atom stereocenters. The van der Waals surface area contributed by atoms with E-state index in [0.717, 1.165) is 17.9 Å². The molecule has 3 heterocycles. The minimum atomic E-state index is -4.49. The number of aromatic nitrogens is 2. The number of sulfonamides is 1. The lowest BCUT2D eigenvalue weighted by Gasteiger charge is -2.27. The standard InChI is InChI=1S/C18H22F3N5O2S/c1-11-6-12(25-29(27,28)5-3-18(19,20)21)7-13(11)14-8-22-15-9-24-17-10-16(17,26(14)15)2-4-23-17/h2,4,8-9,11-13,23,25H,3,5-7,10H2,1H3/t11-,12+,13+,16?,17?/m1/s1. The van der Waals surface area contributed by atoms with Crippen LogP contribution in [0.25, 0.3) is 0 Å². The van der Waals surface area contributed by atoms with Gasteiger partial charge in [0.05, 0.1) is 18.4 Å². The predicted molar refractivity (Wildman–Crippen MR) is 99.9 cm³/mol. The zero-order valence-electron chi connectivity index (χ0n) is 15.8. The molecule has 0 bridgehead atoms. The number of rotatable bonds is 5. The van der Waals surface area contributed by atoms with Gasteiger partial charge in [-0.3, -0.25) is 4.99 Å². The van der Waals surface area contributed by atoms with Gasteiger partial charge in [-0.1, -0.05) is 6.92 Å². The first-order chi connectivity index (χ1) is 13.5. The summed E-state index contributed by atoms with van der Waals surface area (Å²) in [6.45, 7) is 2.05. The average molecular weight is 429 g/mol. The number of nitrogens with zero attached hydrogens (tertiary/aromatic N) is 3. The van der Waals surface area contributed by atoms with Crippen molar-refractivity contribution in [1.82, 2.24) is 19.6 Å². The molecular weight excluding hydrogens is 407 g/mol. The van der Waals surface area contributed by atoms with Crippen LogP contribution >= 0.6 is 0 Å². The zero-order chi connectivity index (χ0) is 20.7. The van der Waals surface area contributed by atoms with Gasteiger partial charge in [0.25, 0.3) is 0 Å². The van der Waals surface area contributed by atoms with Crippen LogP contribution in [0.5, 0.6) is 0 Å². The first-order valence-electron chi connectivity index (χ1n) is 9.70. The van der Waals surface area contributed by atoms with Gasteiger partial charge in [-0.15, -0.1) is 0 Å². The van der Waals surface area contributed by atoms with Gasteiger partial charge in [0, 0.05) is 30.3 Å². The number of fused-ring (bicyclic) bond motifs is 1. The van der Waals surface area contributed by atoms with E-state index in [1.54, 1.807) is 6.21 Å². The highest BCUT2D eigenvalue weighted by atomic mass is 32.2. The van der Waals surface area contributed by atoms with Gasteiger partial charge in [-0.05, 0) is 31.0 Å². The summed E-state index contributed by atoms with van der Waals surface area (Å²) >= 11 is 0. The van der Waals surface area contributed by atoms with Crippen LogP contribution in [0.3, 0.4) is 0 Å².